The molecule has 174 valence electrons. The largest absolute Gasteiger partial charge is 0.495 e. The van der Waals surface area contributed by atoms with Gasteiger partial charge in [0.15, 0.2) is 5.82 Å². The Morgan fingerprint density at radius 1 is 1.09 bits per heavy atom. The zero-order valence-corrected chi connectivity index (χ0v) is 20.3. The highest BCUT2D eigenvalue weighted by molar-refractivity contribution is 5.69. The molecule has 0 fully saturated rings. The van der Waals surface area contributed by atoms with Crippen molar-refractivity contribution in [2.75, 3.05) is 7.11 Å². The summed E-state index contributed by atoms with van der Waals surface area (Å²) in [6.45, 7) is 7.35. The molecule has 1 aliphatic heterocycles. The van der Waals surface area contributed by atoms with Gasteiger partial charge in [0.2, 0.25) is 0 Å². The predicted molar refractivity (Wildman–Crippen MR) is 135 cm³/mol. The number of methoxy groups -OCH3 is 1. The second-order valence-electron chi connectivity index (χ2n) is 9.25. The number of hydrogen-bond acceptors (Lipinski definition) is 4. The Labute approximate surface area is 201 Å². The van der Waals surface area contributed by atoms with Crippen LogP contribution < -0.4 is 4.74 Å². The van der Waals surface area contributed by atoms with E-state index in [1.165, 1.54) is 11.1 Å². The summed E-state index contributed by atoms with van der Waals surface area (Å²) >= 11 is 0. The number of fused-ring (bicyclic) bond motifs is 1. The third kappa shape index (κ3) is 4.40. The van der Waals surface area contributed by atoms with Crippen molar-refractivity contribution in [3.8, 4) is 11.4 Å². The van der Waals surface area contributed by atoms with E-state index in [1.54, 1.807) is 13.4 Å². The van der Waals surface area contributed by atoms with E-state index in [9.17, 15) is 0 Å². The summed E-state index contributed by atoms with van der Waals surface area (Å²) in [5.74, 6) is 3.43. The highest BCUT2D eigenvalue weighted by Crippen LogP contribution is 2.33. The van der Waals surface area contributed by atoms with Gasteiger partial charge in [0, 0.05) is 18.7 Å². The topological polar surface area (TPSA) is 57.8 Å². The zero-order chi connectivity index (χ0) is 23.7. The Kier molecular flexibility index (Phi) is 6.05. The first-order valence-electron chi connectivity index (χ1n) is 11.9. The van der Waals surface area contributed by atoms with E-state index < -0.39 is 0 Å². The summed E-state index contributed by atoms with van der Waals surface area (Å²) in [4.78, 5) is 9.23. The van der Waals surface area contributed by atoms with Crippen molar-refractivity contribution >= 4 is 12.2 Å². The van der Waals surface area contributed by atoms with Gasteiger partial charge in [0.25, 0.3) is 0 Å². The lowest BCUT2D eigenvalue weighted by molar-refractivity contribution is 0.413. The maximum Gasteiger partial charge on any atom is 0.174 e. The number of imidazole rings is 1. The van der Waals surface area contributed by atoms with Crippen LogP contribution >= 0.6 is 0 Å². The van der Waals surface area contributed by atoms with Gasteiger partial charge in [-0.15, -0.1) is 0 Å². The maximum atomic E-state index is 5.64. The molecule has 6 heteroatoms. The number of ether oxygens (including phenoxy) is 1. The predicted octanol–water partition coefficient (Wildman–Crippen LogP) is 6.00. The fraction of sp³-hybridized carbons (Fsp3) is 0.321. The van der Waals surface area contributed by atoms with Crippen LogP contribution in [-0.4, -0.2) is 31.4 Å². The Morgan fingerprint density at radius 3 is 2.62 bits per heavy atom. The Hall–Kier alpha value is -3.67. The molecule has 0 bridgehead atoms. The number of rotatable bonds is 6. The second-order valence-corrected chi connectivity index (χ2v) is 9.25. The van der Waals surface area contributed by atoms with E-state index in [0.29, 0.717) is 11.8 Å². The lowest BCUT2D eigenvalue weighted by Gasteiger charge is -2.22. The highest BCUT2D eigenvalue weighted by Gasteiger charge is 2.25. The Balaban J connectivity index is 1.38. The number of benzene rings is 2. The van der Waals surface area contributed by atoms with Crippen LogP contribution in [0.5, 0.6) is 5.75 Å². The van der Waals surface area contributed by atoms with Gasteiger partial charge in [0.05, 0.1) is 24.8 Å². The first kappa shape index (κ1) is 22.1. The summed E-state index contributed by atoms with van der Waals surface area (Å²) < 4.78 is 9.69. The summed E-state index contributed by atoms with van der Waals surface area (Å²) in [5.41, 5.74) is 5.65. The van der Waals surface area contributed by atoms with Crippen LogP contribution in [0.2, 0.25) is 0 Å². The number of nitrogens with zero attached hydrogens (tertiary/aromatic N) is 5. The molecule has 0 unspecified atom stereocenters. The molecule has 3 heterocycles. The van der Waals surface area contributed by atoms with Gasteiger partial charge in [0.1, 0.15) is 11.6 Å². The van der Waals surface area contributed by atoms with Gasteiger partial charge < -0.3 is 9.30 Å². The lowest BCUT2D eigenvalue weighted by Crippen LogP contribution is -2.18. The summed E-state index contributed by atoms with van der Waals surface area (Å²) in [6.07, 6.45) is 10.0. The molecule has 0 N–H and O–H groups in total. The van der Waals surface area contributed by atoms with Crippen LogP contribution in [0.25, 0.3) is 17.8 Å². The van der Waals surface area contributed by atoms with Crippen LogP contribution in [-0.2, 0) is 6.54 Å². The smallest absolute Gasteiger partial charge is 0.174 e. The van der Waals surface area contributed by atoms with Crippen molar-refractivity contribution in [3.05, 3.63) is 89.0 Å². The molecule has 2 aromatic carbocycles. The van der Waals surface area contributed by atoms with E-state index >= 15 is 0 Å². The third-order valence-electron chi connectivity index (χ3n) is 6.52. The molecule has 0 radical (unpaired) electrons. The fourth-order valence-corrected chi connectivity index (χ4v) is 4.60. The van der Waals surface area contributed by atoms with Gasteiger partial charge in [-0.25, -0.2) is 14.6 Å². The molecule has 2 aromatic heterocycles. The van der Waals surface area contributed by atoms with Crippen molar-refractivity contribution in [2.45, 2.75) is 52.0 Å². The molecular formula is C28H31N5O. The normalized spacial score (nSPS) is 15.7. The average Bonchev–Trinajstić information content (AvgIpc) is 3.48. The Morgan fingerprint density at radius 2 is 1.91 bits per heavy atom. The van der Waals surface area contributed by atoms with Crippen molar-refractivity contribution < 1.29 is 4.74 Å². The van der Waals surface area contributed by atoms with E-state index in [2.05, 4.69) is 53.8 Å². The standard InChI is InChI=1S/C28H31N5O/c1-19(2)22-9-11-23(12-10-22)24-6-5-15-33-28(24)30-27(31-33)14-8-21-7-13-25(26(16-21)34-4)32-17-20(3)29-18-32/h7-14,16-19,24H,5-6,15H2,1-4H3/b14-8+/t24-/m0/s1. The van der Waals surface area contributed by atoms with Crippen molar-refractivity contribution in [1.29, 1.82) is 0 Å². The molecule has 0 spiro atoms. The zero-order valence-electron chi connectivity index (χ0n) is 20.3. The quantitative estimate of drug-likeness (QED) is 0.359. The van der Waals surface area contributed by atoms with Crippen LogP contribution in [0.1, 0.15) is 72.6 Å². The van der Waals surface area contributed by atoms with Crippen molar-refractivity contribution in [1.82, 2.24) is 24.3 Å². The minimum atomic E-state index is 0.294. The molecule has 0 aliphatic carbocycles. The molecule has 4 aromatic rings. The van der Waals surface area contributed by atoms with Crippen molar-refractivity contribution in [3.63, 3.8) is 0 Å². The van der Waals surface area contributed by atoms with Gasteiger partial charge >= 0.3 is 0 Å². The summed E-state index contributed by atoms with van der Waals surface area (Å²) in [7, 11) is 1.69. The van der Waals surface area contributed by atoms with Crippen LogP contribution in [0.15, 0.2) is 55.0 Å². The molecule has 0 saturated carbocycles. The summed E-state index contributed by atoms with van der Waals surface area (Å²) in [5, 5.41) is 4.77. The molecule has 1 atom stereocenters. The van der Waals surface area contributed by atoms with Gasteiger partial charge in [-0.05, 0) is 60.6 Å². The monoisotopic (exact) mass is 453 g/mol. The molecule has 34 heavy (non-hydrogen) atoms. The number of hydrogen-bond donors (Lipinski definition) is 0. The van der Waals surface area contributed by atoms with Gasteiger partial charge in [-0.2, -0.15) is 5.10 Å². The molecule has 5 rings (SSSR count). The maximum absolute atomic E-state index is 5.64. The van der Waals surface area contributed by atoms with Crippen LogP contribution in [0.3, 0.4) is 0 Å². The minimum absolute atomic E-state index is 0.294. The van der Waals surface area contributed by atoms with Crippen molar-refractivity contribution in [2.24, 2.45) is 0 Å². The minimum Gasteiger partial charge on any atom is -0.495 e. The third-order valence-corrected chi connectivity index (χ3v) is 6.52. The van der Waals surface area contributed by atoms with E-state index in [4.69, 9.17) is 14.8 Å². The highest BCUT2D eigenvalue weighted by atomic mass is 16.5. The number of aromatic nitrogens is 5. The van der Waals surface area contributed by atoms with E-state index in [1.807, 2.05) is 42.0 Å². The van der Waals surface area contributed by atoms with E-state index in [-0.39, 0.29) is 0 Å². The number of aryl methyl sites for hydroxylation is 2. The van der Waals surface area contributed by atoms with Gasteiger partial charge in [-0.3, -0.25) is 0 Å². The van der Waals surface area contributed by atoms with Crippen LogP contribution in [0.4, 0.5) is 0 Å². The first-order valence-corrected chi connectivity index (χ1v) is 11.9. The first-order chi connectivity index (χ1) is 16.5. The van der Waals surface area contributed by atoms with Crippen LogP contribution in [0, 0.1) is 6.92 Å². The molecule has 0 saturated heterocycles. The molecule has 6 nitrogen and oxygen atoms in total. The average molecular weight is 454 g/mol. The molecule has 0 amide bonds. The molecular weight excluding hydrogens is 422 g/mol. The second kappa shape index (κ2) is 9.29. The Bertz CT molecular complexity index is 1310. The lowest BCUT2D eigenvalue weighted by atomic mass is 9.89. The SMILES string of the molecule is COc1cc(/C=C/c2nc3n(n2)CCC[C@H]3c2ccc(C(C)C)cc2)ccc1-n1cnc(C)c1. The van der Waals surface area contributed by atoms with E-state index in [0.717, 1.165) is 53.7 Å². The van der Waals surface area contributed by atoms with Gasteiger partial charge in [-0.1, -0.05) is 50.3 Å². The molecule has 1 aliphatic rings. The fourth-order valence-electron chi connectivity index (χ4n) is 4.60. The summed E-state index contributed by atoms with van der Waals surface area (Å²) in [6, 6.07) is 15.2.